The Labute approximate surface area is 73.0 Å². The zero-order valence-corrected chi connectivity index (χ0v) is 7.89. The zero-order chi connectivity index (χ0) is 9.40. The van der Waals surface area contributed by atoms with Crippen molar-refractivity contribution in [2.24, 2.45) is 5.16 Å². The second-order valence-corrected chi connectivity index (χ2v) is 2.49. The highest BCUT2D eigenvalue weighted by Crippen LogP contribution is 1.86. The highest BCUT2D eigenvalue weighted by atomic mass is 16.7. The van der Waals surface area contributed by atoms with E-state index in [-0.39, 0.29) is 0 Å². The molecule has 12 heavy (non-hydrogen) atoms. The third-order valence-electron chi connectivity index (χ3n) is 1.32. The molecule has 0 atom stereocenters. The molecule has 0 aliphatic heterocycles. The molecule has 0 heterocycles. The van der Waals surface area contributed by atoms with Gasteiger partial charge in [0.05, 0.1) is 5.71 Å². The summed E-state index contributed by atoms with van der Waals surface area (Å²) in [5, 5.41) is 6.14. The topological polar surface area (TPSA) is 50.7 Å². The summed E-state index contributed by atoms with van der Waals surface area (Å²) in [6, 6.07) is 0. The summed E-state index contributed by atoms with van der Waals surface area (Å²) in [5.41, 5.74) is 0.807. The Hall–Kier alpha value is -1.06. The van der Waals surface area contributed by atoms with Gasteiger partial charge in [-0.05, 0) is 19.8 Å². The third kappa shape index (κ3) is 5.70. The Morgan fingerprint density at radius 2 is 2.17 bits per heavy atom. The van der Waals surface area contributed by atoms with Crippen LogP contribution < -0.4 is 5.32 Å². The summed E-state index contributed by atoms with van der Waals surface area (Å²) < 4.78 is 0. The van der Waals surface area contributed by atoms with Gasteiger partial charge in [-0.3, -0.25) is 4.84 Å². The smallest absolute Gasteiger partial charge is 0.320 e. The molecule has 1 N–H and O–H groups in total. The van der Waals surface area contributed by atoms with E-state index in [9.17, 15) is 4.79 Å². The second-order valence-electron chi connectivity index (χ2n) is 2.49. The fourth-order valence-electron chi connectivity index (χ4n) is 0.443. The fraction of sp³-hybridized carbons (Fsp3) is 0.750. The second kappa shape index (κ2) is 6.64. The normalized spacial score (nSPS) is 11.1. The number of carbonyl (C=O) groups is 1. The highest BCUT2D eigenvalue weighted by molar-refractivity contribution is 5.81. The zero-order valence-electron chi connectivity index (χ0n) is 7.89. The van der Waals surface area contributed by atoms with E-state index in [1.54, 1.807) is 0 Å². The van der Waals surface area contributed by atoms with Crippen molar-refractivity contribution < 1.29 is 9.63 Å². The molecule has 1 amide bonds. The molecule has 0 aliphatic carbocycles. The van der Waals surface area contributed by atoms with Crippen molar-refractivity contribution in [1.29, 1.82) is 0 Å². The van der Waals surface area contributed by atoms with E-state index < -0.39 is 6.09 Å². The molecule has 0 saturated carbocycles. The van der Waals surface area contributed by atoms with E-state index in [2.05, 4.69) is 15.3 Å². The van der Waals surface area contributed by atoms with Crippen LogP contribution in [0.25, 0.3) is 0 Å². The minimum atomic E-state index is -0.482. The molecular weight excluding hydrogens is 156 g/mol. The van der Waals surface area contributed by atoms with Gasteiger partial charge in [0.1, 0.15) is 0 Å². The summed E-state index contributed by atoms with van der Waals surface area (Å²) >= 11 is 0. The van der Waals surface area contributed by atoms with E-state index in [1.165, 1.54) is 0 Å². The first kappa shape index (κ1) is 10.9. The molecule has 0 saturated heterocycles. The first-order valence-electron chi connectivity index (χ1n) is 4.19. The van der Waals surface area contributed by atoms with Crippen molar-refractivity contribution in [3.8, 4) is 0 Å². The van der Waals surface area contributed by atoms with Crippen LogP contribution in [0, 0.1) is 0 Å². The average Bonchev–Trinajstić information content (AvgIpc) is 2.10. The molecular formula is C8H16N2O2. The van der Waals surface area contributed by atoms with E-state index in [4.69, 9.17) is 0 Å². The maximum Gasteiger partial charge on any atom is 0.433 e. The molecule has 0 spiro atoms. The molecule has 0 aromatic carbocycles. The van der Waals surface area contributed by atoms with Gasteiger partial charge < -0.3 is 5.32 Å². The summed E-state index contributed by atoms with van der Waals surface area (Å²) in [5.74, 6) is 0. The van der Waals surface area contributed by atoms with Crippen LogP contribution in [0.1, 0.15) is 33.6 Å². The van der Waals surface area contributed by atoms with Crippen molar-refractivity contribution in [2.45, 2.75) is 33.6 Å². The third-order valence-corrected chi connectivity index (χ3v) is 1.32. The lowest BCUT2D eigenvalue weighted by Gasteiger charge is -1.99. The van der Waals surface area contributed by atoms with Gasteiger partial charge in [0, 0.05) is 6.54 Å². The van der Waals surface area contributed by atoms with Gasteiger partial charge in [0.2, 0.25) is 0 Å². The van der Waals surface area contributed by atoms with Crippen LogP contribution in [0.3, 0.4) is 0 Å². The molecule has 0 radical (unpaired) electrons. The largest absolute Gasteiger partial charge is 0.433 e. The predicted octanol–water partition coefficient (Wildman–Crippen LogP) is 1.91. The first-order chi connectivity index (χ1) is 5.70. The standard InChI is InChI=1S/C8H16N2O2/c1-4-6-9-8(11)12-10-7(3)5-2/h4-6H2,1-3H3,(H,9,11). The number of hydrogen-bond acceptors (Lipinski definition) is 3. The highest BCUT2D eigenvalue weighted by Gasteiger charge is 1.98. The predicted molar refractivity (Wildman–Crippen MR) is 48.2 cm³/mol. The number of nitrogens with zero attached hydrogens (tertiary/aromatic N) is 1. The van der Waals surface area contributed by atoms with Crippen molar-refractivity contribution in [2.75, 3.05) is 6.54 Å². The van der Waals surface area contributed by atoms with E-state index in [0.717, 1.165) is 18.6 Å². The van der Waals surface area contributed by atoms with Crippen LogP contribution in [-0.4, -0.2) is 18.3 Å². The summed E-state index contributed by atoms with van der Waals surface area (Å²) in [4.78, 5) is 15.3. The van der Waals surface area contributed by atoms with Crippen LogP contribution >= 0.6 is 0 Å². The molecule has 4 heteroatoms. The van der Waals surface area contributed by atoms with E-state index in [1.807, 2.05) is 20.8 Å². The fourth-order valence-corrected chi connectivity index (χ4v) is 0.443. The van der Waals surface area contributed by atoms with Crippen LogP contribution in [0.4, 0.5) is 4.79 Å². The Morgan fingerprint density at radius 1 is 1.50 bits per heavy atom. The number of rotatable bonds is 4. The summed E-state index contributed by atoms with van der Waals surface area (Å²) in [7, 11) is 0. The molecule has 0 aromatic rings. The summed E-state index contributed by atoms with van der Waals surface area (Å²) in [6.07, 6.45) is 1.21. The van der Waals surface area contributed by atoms with Gasteiger partial charge in [-0.15, -0.1) is 0 Å². The van der Waals surface area contributed by atoms with Crippen molar-refractivity contribution in [3.05, 3.63) is 0 Å². The van der Waals surface area contributed by atoms with Gasteiger partial charge in [-0.25, -0.2) is 4.79 Å². The molecule has 0 fully saturated rings. The lowest BCUT2D eigenvalue weighted by Crippen LogP contribution is -2.23. The number of amides is 1. The van der Waals surface area contributed by atoms with Crippen molar-refractivity contribution >= 4 is 11.8 Å². The molecule has 70 valence electrons. The Bertz CT molecular complexity index is 166. The van der Waals surface area contributed by atoms with Crippen LogP contribution in [0.5, 0.6) is 0 Å². The first-order valence-corrected chi connectivity index (χ1v) is 4.19. The molecule has 4 nitrogen and oxygen atoms in total. The number of oxime groups is 1. The molecule has 0 aliphatic rings. The van der Waals surface area contributed by atoms with Crippen LogP contribution in [0.15, 0.2) is 5.16 Å². The maximum atomic E-state index is 10.8. The number of hydrogen-bond donors (Lipinski definition) is 1. The van der Waals surface area contributed by atoms with E-state index >= 15 is 0 Å². The molecule has 0 aromatic heterocycles. The van der Waals surface area contributed by atoms with Gasteiger partial charge >= 0.3 is 6.09 Å². The summed E-state index contributed by atoms with van der Waals surface area (Å²) in [6.45, 7) is 6.36. The lowest BCUT2D eigenvalue weighted by atomic mass is 10.3. The van der Waals surface area contributed by atoms with Gasteiger partial charge in [0.15, 0.2) is 0 Å². The Kier molecular flexibility index (Phi) is 6.05. The minimum Gasteiger partial charge on any atom is -0.320 e. The lowest BCUT2D eigenvalue weighted by molar-refractivity contribution is 0.150. The van der Waals surface area contributed by atoms with Crippen LogP contribution in [0.2, 0.25) is 0 Å². The van der Waals surface area contributed by atoms with Crippen molar-refractivity contribution in [3.63, 3.8) is 0 Å². The molecule has 0 rings (SSSR count). The monoisotopic (exact) mass is 172 g/mol. The van der Waals surface area contributed by atoms with Gasteiger partial charge in [-0.1, -0.05) is 19.0 Å². The minimum absolute atomic E-state index is 0.482. The van der Waals surface area contributed by atoms with Crippen LogP contribution in [-0.2, 0) is 4.84 Å². The van der Waals surface area contributed by atoms with Crippen molar-refractivity contribution in [1.82, 2.24) is 5.32 Å². The SMILES string of the molecule is CCCNC(=O)ON=C(C)CC. The van der Waals surface area contributed by atoms with Gasteiger partial charge in [0.25, 0.3) is 0 Å². The number of carbonyl (C=O) groups excluding carboxylic acids is 1. The number of nitrogens with one attached hydrogen (secondary N) is 1. The average molecular weight is 172 g/mol. The van der Waals surface area contributed by atoms with E-state index in [0.29, 0.717) is 6.54 Å². The Morgan fingerprint density at radius 3 is 2.67 bits per heavy atom. The molecule has 0 unspecified atom stereocenters. The quantitative estimate of drug-likeness (QED) is 0.400. The van der Waals surface area contributed by atoms with Gasteiger partial charge in [-0.2, -0.15) is 0 Å². The Balaban J connectivity index is 3.56. The molecule has 0 bridgehead atoms. The maximum absolute atomic E-state index is 10.8.